The smallest absolute Gasteiger partial charge is 0.383 e. The number of benzene rings is 2. The summed E-state index contributed by atoms with van der Waals surface area (Å²) >= 11 is 0. The van der Waals surface area contributed by atoms with Crippen LogP contribution in [0.4, 0.5) is 29.1 Å². The molecule has 3 aromatic rings. The highest BCUT2D eigenvalue weighted by atomic mass is 19.4. The van der Waals surface area contributed by atoms with Crippen molar-refractivity contribution in [2.45, 2.75) is 19.0 Å². The number of aromatic nitrogens is 1. The molecule has 37 heavy (non-hydrogen) atoms. The number of nitrogens with one attached hydrogen (secondary N) is 1. The summed E-state index contributed by atoms with van der Waals surface area (Å²) in [6, 6.07) is 10.5. The number of carbonyl (C=O) groups excluding carboxylic acids is 1. The standard InChI is InChI=1S/C27H27F4N5O/c1-35-9-11-36(12-10-35)23-7-5-18(14-22(23)27(29,30)31)20-15-21(25(32)34-24(20)28)17-4-6-19-16(13-17)3-2-8-33-26(19)37/h4-7,13-15H,2-3,8-12H2,1H3,(H2,32,34)(H,33,37). The van der Waals surface area contributed by atoms with Gasteiger partial charge in [0.25, 0.3) is 5.91 Å². The van der Waals surface area contributed by atoms with Crippen LogP contribution in [0.15, 0.2) is 42.5 Å². The molecule has 0 radical (unpaired) electrons. The Morgan fingerprint density at radius 3 is 2.38 bits per heavy atom. The van der Waals surface area contributed by atoms with Crippen molar-refractivity contribution in [3.63, 3.8) is 0 Å². The van der Waals surface area contributed by atoms with Gasteiger partial charge in [-0.15, -0.1) is 0 Å². The summed E-state index contributed by atoms with van der Waals surface area (Å²) in [4.78, 5) is 19.9. The van der Waals surface area contributed by atoms with Crippen molar-refractivity contribution in [1.29, 1.82) is 0 Å². The van der Waals surface area contributed by atoms with E-state index in [1.54, 1.807) is 17.0 Å². The van der Waals surface area contributed by atoms with E-state index in [4.69, 9.17) is 5.73 Å². The zero-order chi connectivity index (χ0) is 26.3. The maximum Gasteiger partial charge on any atom is 0.418 e. The van der Waals surface area contributed by atoms with Gasteiger partial charge in [-0.3, -0.25) is 4.79 Å². The number of nitrogen functional groups attached to an aromatic ring is 1. The number of carbonyl (C=O) groups is 1. The molecule has 0 bridgehead atoms. The van der Waals surface area contributed by atoms with Gasteiger partial charge >= 0.3 is 6.18 Å². The summed E-state index contributed by atoms with van der Waals surface area (Å²) in [6.45, 7) is 2.82. The van der Waals surface area contributed by atoms with Gasteiger partial charge in [0.2, 0.25) is 5.95 Å². The normalized spacial score (nSPS) is 16.8. The number of halogens is 4. The second-order valence-electron chi connectivity index (χ2n) is 9.51. The fourth-order valence-corrected chi connectivity index (χ4v) is 4.96. The molecular formula is C27H27F4N5O. The molecule has 1 fully saturated rings. The zero-order valence-corrected chi connectivity index (χ0v) is 20.3. The molecule has 2 aliphatic heterocycles. The number of hydrogen-bond donors (Lipinski definition) is 2. The quantitative estimate of drug-likeness (QED) is 0.396. The molecule has 1 aromatic heterocycles. The van der Waals surface area contributed by atoms with Gasteiger partial charge in [0.15, 0.2) is 0 Å². The highest BCUT2D eigenvalue weighted by molar-refractivity contribution is 5.97. The number of amides is 1. The molecule has 0 spiro atoms. The number of nitrogens with two attached hydrogens (primary N) is 1. The van der Waals surface area contributed by atoms with Gasteiger partial charge in [0.1, 0.15) is 5.82 Å². The van der Waals surface area contributed by atoms with Gasteiger partial charge in [0, 0.05) is 55.1 Å². The number of alkyl halides is 3. The molecule has 10 heteroatoms. The third-order valence-corrected chi connectivity index (χ3v) is 7.03. The van der Waals surface area contributed by atoms with E-state index in [-0.39, 0.29) is 28.5 Å². The van der Waals surface area contributed by atoms with E-state index in [0.29, 0.717) is 55.8 Å². The van der Waals surface area contributed by atoms with Crippen LogP contribution in [-0.4, -0.2) is 55.6 Å². The number of likely N-dealkylation sites (N-methyl/N-ethyl adjacent to an activating group) is 1. The highest BCUT2D eigenvalue weighted by Crippen LogP contribution is 2.41. The molecule has 3 N–H and O–H groups in total. The van der Waals surface area contributed by atoms with E-state index in [2.05, 4.69) is 15.2 Å². The molecular weight excluding hydrogens is 486 g/mol. The Morgan fingerprint density at radius 1 is 0.946 bits per heavy atom. The van der Waals surface area contributed by atoms with Crippen molar-refractivity contribution in [1.82, 2.24) is 15.2 Å². The Morgan fingerprint density at radius 2 is 1.65 bits per heavy atom. The van der Waals surface area contributed by atoms with Crippen molar-refractivity contribution in [2.24, 2.45) is 0 Å². The number of anilines is 2. The Kier molecular flexibility index (Phi) is 6.53. The van der Waals surface area contributed by atoms with Crippen LogP contribution in [-0.2, 0) is 12.6 Å². The summed E-state index contributed by atoms with van der Waals surface area (Å²) in [7, 11) is 1.93. The maximum absolute atomic E-state index is 15.0. The zero-order valence-electron chi connectivity index (χ0n) is 20.3. The van der Waals surface area contributed by atoms with Crippen molar-refractivity contribution in [3.8, 4) is 22.3 Å². The fraction of sp³-hybridized carbons (Fsp3) is 0.333. The minimum absolute atomic E-state index is 0.0607. The lowest BCUT2D eigenvalue weighted by atomic mass is 9.95. The lowest BCUT2D eigenvalue weighted by molar-refractivity contribution is -0.137. The van der Waals surface area contributed by atoms with Crippen LogP contribution in [0.1, 0.15) is 27.9 Å². The van der Waals surface area contributed by atoms with Crippen molar-refractivity contribution in [2.75, 3.05) is 50.4 Å². The number of piperazine rings is 1. The molecule has 3 heterocycles. The second-order valence-corrected chi connectivity index (χ2v) is 9.51. The van der Waals surface area contributed by atoms with Gasteiger partial charge < -0.3 is 20.9 Å². The first-order chi connectivity index (χ1) is 17.6. The molecule has 6 nitrogen and oxygen atoms in total. The summed E-state index contributed by atoms with van der Waals surface area (Å²) in [5.41, 5.74) is 7.69. The molecule has 0 unspecified atom stereocenters. The van der Waals surface area contributed by atoms with Crippen molar-refractivity contribution >= 4 is 17.4 Å². The first-order valence-corrected chi connectivity index (χ1v) is 12.1. The van der Waals surface area contributed by atoms with Crippen molar-refractivity contribution < 1.29 is 22.4 Å². The lowest BCUT2D eigenvalue weighted by Crippen LogP contribution is -2.45. The number of rotatable bonds is 3. The van der Waals surface area contributed by atoms with Gasteiger partial charge in [-0.25, -0.2) is 4.98 Å². The Hall–Kier alpha value is -3.66. The van der Waals surface area contributed by atoms with Crippen LogP contribution >= 0.6 is 0 Å². The first-order valence-electron chi connectivity index (χ1n) is 12.1. The van der Waals surface area contributed by atoms with E-state index in [9.17, 15) is 22.4 Å². The third-order valence-electron chi connectivity index (χ3n) is 7.03. The van der Waals surface area contributed by atoms with Crippen LogP contribution in [0.5, 0.6) is 0 Å². The van der Waals surface area contributed by atoms with Gasteiger partial charge in [0.05, 0.1) is 5.56 Å². The molecule has 0 saturated carbocycles. The number of hydrogen-bond acceptors (Lipinski definition) is 5. The van der Waals surface area contributed by atoms with E-state index in [0.717, 1.165) is 18.1 Å². The predicted molar refractivity (Wildman–Crippen MR) is 135 cm³/mol. The number of fused-ring (bicyclic) bond motifs is 1. The number of aryl methyl sites for hydroxylation is 1. The molecule has 1 amide bonds. The molecule has 2 aliphatic rings. The van der Waals surface area contributed by atoms with Gasteiger partial charge in [-0.05, 0) is 60.8 Å². The van der Waals surface area contributed by atoms with Gasteiger partial charge in [-0.2, -0.15) is 17.6 Å². The Bertz CT molecular complexity index is 1350. The molecule has 1 saturated heterocycles. The molecule has 0 atom stereocenters. The predicted octanol–water partition coefficient (Wildman–Crippen LogP) is 4.58. The minimum atomic E-state index is -4.62. The van der Waals surface area contributed by atoms with E-state index in [1.165, 1.54) is 18.2 Å². The summed E-state index contributed by atoms with van der Waals surface area (Å²) in [6.07, 6.45) is -3.18. The average molecular weight is 514 g/mol. The summed E-state index contributed by atoms with van der Waals surface area (Å²) in [5.74, 6) is -1.19. The monoisotopic (exact) mass is 513 g/mol. The largest absolute Gasteiger partial charge is 0.418 e. The molecule has 0 aliphatic carbocycles. The van der Waals surface area contributed by atoms with E-state index in [1.807, 2.05) is 13.1 Å². The lowest BCUT2D eigenvalue weighted by Gasteiger charge is -2.35. The number of pyridine rings is 1. The second kappa shape index (κ2) is 9.66. The number of nitrogens with zero attached hydrogens (tertiary/aromatic N) is 3. The Labute approximate surface area is 212 Å². The van der Waals surface area contributed by atoms with Crippen LogP contribution < -0.4 is 16.0 Å². The van der Waals surface area contributed by atoms with Crippen LogP contribution in [0.3, 0.4) is 0 Å². The molecule has 2 aromatic carbocycles. The molecule has 5 rings (SSSR count). The summed E-state index contributed by atoms with van der Waals surface area (Å²) < 4.78 is 57.3. The SMILES string of the molecule is CN1CCN(c2ccc(-c3cc(-c4ccc5c(c4)CCCNC5=O)c(N)nc3F)cc2C(F)(F)F)CC1. The fourth-order valence-electron chi connectivity index (χ4n) is 4.96. The third kappa shape index (κ3) is 4.98. The van der Waals surface area contributed by atoms with E-state index >= 15 is 0 Å². The van der Waals surface area contributed by atoms with Crippen LogP contribution in [0.2, 0.25) is 0 Å². The van der Waals surface area contributed by atoms with Crippen molar-refractivity contribution in [3.05, 3.63) is 65.1 Å². The van der Waals surface area contributed by atoms with Crippen LogP contribution in [0.25, 0.3) is 22.3 Å². The van der Waals surface area contributed by atoms with Crippen LogP contribution in [0, 0.1) is 5.95 Å². The van der Waals surface area contributed by atoms with Gasteiger partial charge in [-0.1, -0.05) is 18.2 Å². The van der Waals surface area contributed by atoms with E-state index < -0.39 is 17.7 Å². The maximum atomic E-state index is 15.0. The average Bonchev–Trinajstić information content (AvgIpc) is 3.04. The Balaban J connectivity index is 1.57. The minimum Gasteiger partial charge on any atom is -0.383 e. The topological polar surface area (TPSA) is 74.5 Å². The highest BCUT2D eigenvalue weighted by Gasteiger charge is 2.36. The molecule has 194 valence electrons. The first kappa shape index (κ1) is 25.0. The summed E-state index contributed by atoms with van der Waals surface area (Å²) in [5, 5.41) is 2.83.